The van der Waals surface area contributed by atoms with Crippen LogP contribution in [0.25, 0.3) is 0 Å². The number of unbranched alkanes of at least 4 members (excludes halogenated alkanes) is 1. The maximum Gasteiger partial charge on any atom is 0.251 e. The van der Waals surface area contributed by atoms with Crippen molar-refractivity contribution in [3.63, 3.8) is 0 Å². The molecule has 0 atom stereocenters. The molecule has 0 unspecified atom stereocenters. The van der Waals surface area contributed by atoms with Gasteiger partial charge in [-0.25, -0.2) is 0 Å². The fourth-order valence-corrected chi connectivity index (χ4v) is 2.02. The normalized spacial score (nSPS) is 11.3. The van der Waals surface area contributed by atoms with E-state index in [1.54, 1.807) is 24.3 Å². The molecule has 4 N–H and O–H groups in total. The summed E-state index contributed by atoms with van der Waals surface area (Å²) < 4.78 is 0. The number of benzene rings is 1. The van der Waals surface area contributed by atoms with Gasteiger partial charge in [-0.1, -0.05) is 17.3 Å². The van der Waals surface area contributed by atoms with Gasteiger partial charge in [0.15, 0.2) is 5.84 Å². The Kier molecular flexibility index (Phi) is 6.81. The summed E-state index contributed by atoms with van der Waals surface area (Å²) in [5, 5.41) is 14.3. The summed E-state index contributed by atoms with van der Waals surface area (Å²) in [5.41, 5.74) is 6.60. The van der Waals surface area contributed by atoms with Crippen LogP contribution in [-0.4, -0.2) is 35.5 Å². The maximum absolute atomic E-state index is 11.8. The highest BCUT2D eigenvalue weighted by atomic mass is 32.2. The Hall–Kier alpha value is -1.69. The largest absolute Gasteiger partial charge is 0.409 e. The number of nitrogens with zero attached hydrogens (tertiary/aromatic N) is 1. The minimum absolute atomic E-state index is 0.0315. The first kappa shape index (κ1) is 15.4. The lowest BCUT2D eigenvalue weighted by Gasteiger charge is -2.05. The van der Waals surface area contributed by atoms with Crippen LogP contribution in [-0.2, 0) is 0 Å². The summed E-state index contributed by atoms with van der Waals surface area (Å²) in [6.07, 6.45) is 4.15. The van der Waals surface area contributed by atoms with Crippen molar-refractivity contribution in [1.82, 2.24) is 5.32 Å². The molecule has 19 heavy (non-hydrogen) atoms. The number of nitrogens with one attached hydrogen (secondary N) is 1. The third-order valence-corrected chi connectivity index (χ3v) is 3.31. The number of thioether (sulfide) groups is 1. The van der Waals surface area contributed by atoms with Gasteiger partial charge in [0.1, 0.15) is 0 Å². The summed E-state index contributed by atoms with van der Waals surface area (Å²) in [4.78, 5) is 11.8. The van der Waals surface area contributed by atoms with Gasteiger partial charge in [-0.2, -0.15) is 11.8 Å². The van der Waals surface area contributed by atoms with Crippen molar-refractivity contribution in [2.24, 2.45) is 10.9 Å². The maximum atomic E-state index is 11.8. The molecule has 0 fully saturated rings. The van der Waals surface area contributed by atoms with E-state index in [-0.39, 0.29) is 11.7 Å². The van der Waals surface area contributed by atoms with Crippen molar-refractivity contribution in [1.29, 1.82) is 0 Å². The third kappa shape index (κ3) is 5.21. The SMILES string of the molecule is CSCCCCNC(=O)c1ccc(/C(N)=N/O)cc1. The van der Waals surface area contributed by atoms with Crippen LogP contribution in [0.3, 0.4) is 0 Å². The van der Waals surface area contributed by atoms with Gasteiger partial charge in [-0.15, -0.1) is 0 Å². The Morgan fingerprint density at radius 1 is 1.32 bits per heavy atom. The molecule has 0 heterocycles. The Morgan fingerprint density at radius 2 is 1.95 bits per heavy atom. The van der Waals surface area contributed by atoms with E-state index in [4.69, 9.17) is 10.9 Å². The van der Waals surface area contributed by atoms with Gasteiger partial charge in [-0.3, -0.25) is 4.79 Å². The van der Waals surface area contributed by atoms with E-state index in [2.05, 4.69) is 16.7 Å². The molecule has 0 spiro atoms. The van der Waals surface area contributed by atoms with Crippen molar-refractivity contribution >= 4 is 23.5 Å². The second-order valence-corrected chi connectivity index (χ2v) is 5.00. The summed E-state index contributed by atoms with van der Waals surface area (Å²) in [6, 6.07) is 6.62. The van der Waals surface area contributed by atoms with Crippen molar-refractivity contribution < 1.29 is 10.0 Å². The zero-order valence-corrected chi connectivity index (χ0v) is 11.7. The third-order valence-electron chi connectivity index (χ3n) is 2.61. The monoisotopic (exact) mass is 281 g/mol. The molecule has 0 aliphatic heterocycles. The number of carbonyl (C=O) groups excluding carboxylic acids is 1. The standard InChI is InChI=1S/C13H19N3O2S/c1-19-9-3-2-8-15-13(17)11-6-4-10(5-7-11)12(14)16-18/h4-7,18H,2-3,8-9H2,1H3,(H2,14,16)(H,15,17). The molecule has 1 rings (SSSR count). The minimum Gasteiger partial charge on any atom is -0.409 e. The van der Waals surface area contributed by atoms with Gasteiger partial charge < -0.3 is 16.3 Å². The van der Waals surface area contributed by atoms with Crippen molar-refractivity contribution in [3.8, 4) is 0 Å². The lowest BCUT2D eigenvalue weighted by molar-refractivity contribution is 0.0953. The van der Waals surface area contributed by atoms with Crippen molar-refractivity contribution in [2.75, 3.05) is 18.6 Å². The fourth-order valence-electron chi connectivity index (χ4n) is 1.53. The van der Waals surface area contributed by atoms with E-state index in [0.717, 1.165) is 18.6 Å². The molecule has 1 aromatic carbocycles. The quantitative estimate of drug-likeness (QED) is 0.233. The van der Waals surface area contributed by atoms with E-state index < -0.39 is 0 Å². The molecule has 1 aromatic rings. The first-order chi connectivity index (χ1) is 9.19. The van der Waals surface area contributed by atoms with Crippen LogP contribution in [0.15, 0.2) is 29.4 Å². The van der Waals surface area contributed by atoms with Gasteiger partial charge in [0, 0.05) is 17.7 Å². The van der Waals surface area contributed by atoms with Gasteiger partial charge in [-0.05, 0) is 37.0 Å². The van der Waals surface area contributed by atoms with Crippen LogP contribution in [0.1, 0.15) is 28.8 Å². The minimum atomic E-state index is -0.102. The van der Waals surface area contributed by atoms with Gasteiger partial charge in [0.05, 0.1) is 0 Å². The highest BCUT2D eigenvalue weighted by Gasteiger charge is 2.05. The summed E-state index contributed by atoms with van der Waals surface area (Å²) in [6.45, 7) is 0.682. The topological polar surface area (TPSA) is 87.7 Å². The Balaban J connectivity index is 2.45. The number of nitrogens with two attached hydrogens (primary N) is 1. The zero-order valence-electron chi connectivity index (χ0n) is 10.9. The van der Waals surface area contributed by atoms with E-state index in [1.165, 1.54) is 0 Å². The summed E-state index contributed by atoms with van der Waals surface area (Å²) in [7, 11) is 0. The molecular weight excluding hydrogens is 262 g/mol. The molecule has 0 aliphatic carbocycles. The lowest BCUT2D eigenvalue weighted by Crippen LogP contribution is -2.24. The summed E-state index contributed by atoms with van der Waals surface area (Å²) >= 11 is 1.81. The van der Waals surface area contributed by atoms with Crippen molar-refractivity contribution in [3.05, 3.63) is 35.4 Å². The summed E-state index contributed by atoms with van der Waals surface area (Å²) in [5.74, 6) is 1.05. The average Bonchev–Trinajstić information content (AvgIpc) is 2.46. The van der Waals surface area contributed by atoms with Crippen molar-refractivity contribution in [2.45, 2.75) is 12.8 Å². The molecule has 0 radical (unpaired) electrons. The van der Waals surface area contributed by atoms with Crippen LogP contribution < -0.4 is 11.1 Å². The molecule has 104 valence electrons. The van der Waals surface area contributed by atoms with E-state index in [1.807, 2.05) is 11.8 Å². The van der Waals surface area contributed by atoms with Gasteiger partial charge in [0.25, 0.3) is 5.91 Å². The van der Waals surface area contributed by atoms with Crippen LogP contribution in [0.2, 0.25) is 0 Å². The van der Waals surface area contributed by atoms with Crippen LogP contribution in [0.5, 0.6) is 0 Å². The molecule has 1 amide bonds. The number of amides is 1. The average molecular weight is 281 g/mol. The highest BCUT2D eigenvalue weighted by molar-refractivity contribution is 7.98. The van der Waals surface area contributed by atoms with Crippen LogP contribution in [0.4, 0.5) is 0 Å². The van der Waals surface area contributed by atoms with Crippen LogP contribution in [0, 0.1) is 0 Å². The molecule has 0 saturated heterocycles. The number of carbonyl (C=O) groups is 1. The Bertz CT molecular complexity index is 432. The molecule has 0 aliphatic rings. The van der Waals surface area contributed by atoms with E-state index in [0.29, 0.717) is 17.7 Å². The number of hydrogen-bond acceptors (Lipinski definition) is 4. The molecule has 6 heteroatoms. The van der Waals surface area contributed by atoms with E-state index >= 15 is 0 Å². The Morgan fingerprint density at radius 3 is 2.53 bits per heavy atom. The molecular formula is C13H19N3O2S. The van der Waals surface area contributed by atoms with Gasteiger partial charge >= 0.3 is 0 Å². The van der Waals surface area contributed by atoms with E-state index in [9.17, 15) is 4.79 Å². The predicted molar refractivity (Wildman–Crippen MR) is 78.9 cm³/mol. The molecule has 5 nitrogen and oxygen atoms in total. The number of oxime groups is 1. The first-order valence-corrected chi connectivity index (χ1v) is 7.43. The van der Waals surface area contributed by atoms with Gasteiger partial charge in [0.2, 0.25) is 0 Å². The molecule has 0 aromatic heterocycles. The number of rotatable bonds is 7. The zero-order chi connectivity index (χ0) is 14.1. The second-order valence-electron chi connectivity index (χ2n) is 4.02. The lowest BCUT2D eigenvalue weighted by atomic mass is 10.1. The van der Waals surface area contributed by atoms with Crippen LogP contribution >= 0.6 is 11.8 Å². The number of amidine groups is 1. The Labute approximate surface area is 117 Å². The predicted octanol–water partition coefficient (Wildman–Crippen LogP) is 1.65. The second kappa shape index (κ2) is 8.42. The smallest absolute Gasteiger partial charge is 0.251 e. The highest BCUT2D eigenvalue weighted by Crippen LogP contribution is 2.04. The number of hydrogen-bond donors (Lipinski definition) is 3. The fraction of sp³-hybridized carbons (Fsp3) is 0.385. The first-order valence-electron chi connectivity index (χ1n) is 6.04. The molecule has 0 bridgehead atoms. The molecule has 0 saturated carbocycles.